The lowest BCUT2D eigenvalue weighted by Gasteiger charge is -2.10. The lowest BCUT2D eigenvalue weighted by molar-refractivity contribution is -0.120. The molecule has 28 heavy (non-hydrogen) atoms. The molecule has 1 heterocycles. The van der Waals surface area contributed by atoms with Gasteiger partial charge in [0.1, 0.15) is 17.3 Å². The first-order valence-electron chi connectivity index (χ1n) is 8.41. The zero-order valence-electron chi connectivity index (χ0n) is 14.7. The fourth-order valence-corrected chi connectivity index (χ4v) is 3.09. The van der Waals surface area contributed by atoms with Crippen molar-refractivity contribution in [1.82, 2.24) is 5.32 Å². The van der Waals surface area contributed by atoms with Gasteiger partial charge in [0.2, 0.25) is 5.91 Å². The van der Waals surface area contributed by atoms with Crippen molar-refractivity contribution in [2.45, 2.75) is 13.0 Å². The molecule has 8 heteroatoms. The number of halogens is 2. The van der Waals surface area contributed by atoms with E-state index in [2.05, 4.69) is 16.0 Å². The van der Waals surface area contributed by atoms with Gasteiger partial charge in [-0.1, -0.05) is 24.3 Å². The highest BCUT2D eigenvalue weighted by Gasteiger charge is 2.12. The first-order chi connectivity index (χ1) is 13.5. The van der Waals surface area contributed by atoms with E-state index in [1.165, 1.54) is 6.07 Å². The Kier molecular flexibility index (Phi) is 6.33. The van der Waals surface area contributed by atoms with Gasteiger partial charge in [-0.3, -0.25) is 4.79 Å². The van der Waals surface area contributed by atoms with Crippen molar-refractivity contribution in [2.75, 3.05) is 10.6 Å². The number of hydrogen-bond acceptors (Lipinski definition) is 3. The van der Waals surface area contributed by atoms with Gasteiger partial charge in [-0.05, 0) is 41.3 Å². The number of carbonyl (C=O) groups is 2. The third-order valence-electron chi connectivity index (χ3n) is 3.82. The number of rotatable bonds is 6. The Morgan fingerprint density at radius 3 is 2.25 bits per heavy atom. The van der Waals surface area contributed by atoms with Crippen LogP contribution in [0.2, 0.25) is 0 Å². The molecule has 1 aromatic heterocycles. The summed E-state index contributed by atoms with van der Waals surface area (Å²) < 4.78 is 27.1. The average Bonchev–Trinajstić information content (AvgIpc) is 3.18. The molecule has 144 valence electrons. The van der Waals surface area contributed by atoms with Crippen LogP contribution in [0.4, 0.5) is 25.0 Å². The smallest absolute Gasteiger partial charge is 0.323 e. The summed E-state index contributed by atoms with van der Waals surface area (Å²) in [6.07, 6.45) is 0.207. The van der Waals surface area contributed by atoms with Crippen LogP contribution in [-0.2, 0) is 17.8 Å². The standard InChI is InChI=1S/C20H17F2N3O2S/c21-16-4-1-5-17(22)19(16)25-20(27)24-14-8-6-13(7-9-14)11-18(26)23-12-15-3-2-10-28-15/h1-10H,11-12H2,(H,23,26)(H2,24,25,27). The van der Waals surface area contributed by atoms with Gasteiger partial charge < -0.3 is 16.0 Å². The van der Waals surface area contributed by atoms with Crippen LogP contribution >= 0.6 is 11.3 Å². The number of anilines is 2. The normalized spacial score (nSPS) is 10.4. The third-order valence-corrected chi connectivity index (χ3v) is 4.69. The molecule has 0 aliphatic rings. The highest BCUT2D eigenvalue weighted by Crippen LogP contribution is 2.18. The maximum absolute atomic E-state index is 13.6. The quantitative estimate of drug-likeness (QED) is 0.568. The van der Waals surface area contributed by atoms with Crippen LogP contribution in [0.5, 0.6) is 0 Å². The van der Waals surface area contributed by atoms with Crippen LogP contribution in [0, 0.1) is 11.6 Å². The van der Waals surface area contributed by atoms with Crippen LogP contribution in [-0.4, -0.2) is 11.9 Å². The molecule has 0 spiro atoms. The summed E-state index contributed by atoms with van der Waals surface area (Å²) in [4.78, 5) is 25.0. The van der Waals surface area contributed by atoms with Gasteiger partial charge in [0, 0.05) is 10.6 Å². The second-order valence-electron chi connectivity index (χ2n) is 5.91. The summed E-state index contributed by atoms with van der Waals surface area (Å²) >= 11 is 1.57. The number of amides is 3. The molecule has 0 fully saturated rings. The number of hydrogen-bond donors (Lipinski definition) is 3. The molecule has 0 saturated heterocycles. The minimum atomic E-state index is -0.862. The number of benzene rings is 2. The Labute approximate surface area is 164 Å². The van der Waals surface area contributed by atoms with Crippen molar-refractivity contribution in [3.8, 4) is 0 Å². The van der Waals surface area contributed by atoms with Gasteiger partial charge >= 0.3 is 6.03 Å². The number of para-hydroxylation sites is 1. The number of thiophene rings is 1. The molecule has 0 radical (unpaired) electrons. The SMILES string of the molecule is O=C(Cc1ccc(NC(=O)Nc2c(F)cccc2F)cc1)NCc1cccs1. The average molecular weight is 401 g/mol. The number of nitrogens with one attached hydrogen (secondary N) is 3. The summed E-state index contributed by atoms with van der Waals surface area (Å²) in [5.74, 6) is -1.83. The van der Waals surface area contributed by atoms with E-state index in [0.717, 1.165) is 22.6 Å². The van der Waals surface area contributed by atoms with E-state index in [1.807, 2.05) is 17.5 Å². The van der Waals surface area contributed by atoms with Crippen LogP contribution in [0.15, 0.2) is 60.0 Å². The highest BCUT2D eigenvalue weighted by atomic mass is 32.1. The topological polar surface area (TPSA) is 70.2 Å². The number of carbonyl (C=O) groups excluding carboxylic acids is 2. The molecule has 2 aromatic carbocycles. The molecule has 3 rings (SSSR count). The van der Waals surface area contributed by atoms with Crippen molar-refractivity contribution in [3.63, 3.8) is 0 Å². The van der Waals surface area contributed by atoms with Gasteiger partial charge in [0.15, 0.2) is 0 Å². The fraction of sp³-hybridized carbons (Fsp3) is 0.100. The molecule has 0 saturated carbocycles. The molecule has 0 atom stereocenters. The molecule has 3 amide bonds. The Morgan fingerprint density at radius 1 is 0.893 bits per heavy atom. The van der Waals surface area contributed by atoms with Crippen LogP contribution in [0.1, 0.15) is 10.4 Å². The summed E-state index contributed by atoms with van der Waals surface area (Å²) in [6.45, 7) is 0.489. The zero-order valence-corrected chi connectivity index (χ0v) is 15.5. The van der Waals surface area contributed by atoms with Crippen molar-refractivity contribution >= 4 is 34.6 Å². The Morgan fingerprint density at radius 2 is 1.61 bits per heavy atom. The van der Waals surface area contributed by atoms with Gasteiger partial charge in [-0.2, -0.15) is 0 Å². The van der Waals surface area contributed by atoms with Gasteiger partial charge in [0.25, 0.3) is 0 Å². The highest BCUT2D eigenvalue weighted by molar-refractivity contribution is 7.09. The largest absolute Gasteiger partial charge is 0.351 e. The monoisotopic (exact) mass is 401 g/mol. The van der Waals surface area contributed by atoms with Crippen molar-refractivity contribution in [2.24, 2.45) is 0 Å². The van der Waals surface area contributed by atoms with E-state index in [4.69, 9.17) is 0 Å². The number of urea groups is 1. The van der Waals surface area contributed by atoms with E-state index >= 15 is 0 Å². The predicted octanol–water partition coefficient (Wildman–Crippen LogP) is 4.53. The van der Waals surface area contributed by atoms with Crippen molar-refractivity contribution < 1.29 is 18.4 Å². The summed E-state index contributed by atoms with van der Waals surface area (Å²) in [7, 11) is 0. The van der Waals surface area contributed by atoms with E-state index in [-0.39, 0.29) is 12.3 Å². The summed E-state index contributed by atoms with van der Waals surface area (Å²) in [5, 5.41) is 9.41. The van der Waals surface area contributed by atoms with Crippen LogP contribution < -0.4 is 16.0 Å². The molecule has 3 N–H and O–H groups in total. The van der Waals surface area contributed by atoms with Gasteiger partial charge in [-0.15, -0.1) is 11.3 Å². The second-order valence-corrected chi connectivity index (χ2v) is 6.94. The minimum Gasteiger partial charge on any atom is -0.351 e. The molecule has 5 nitrogen and oxygen atoms in total. The van der Waals surface area contributed by atoms with Crippen molar-refractivity contribution in [1.29, 1.82) is 0 Å². The Hall–Kier alpha value is -3.26. The summed E-state index contributed by atoms with van der Waals surface area (Å²) in [5.41, 5.74) is 0.686. The minimum absolute atomic E-state index is 0.109. The van der Waals surface area contributed by atoms with E-state index in [9.17, 15) is 18.4 Å². The predicted molar refractivity (Wildman–Crippen MR) is 105 cm³/mol. The molecule has 0 unspecified atom stereocenters. The zero-order chi connectivity index (χ0) is 19.9. The summed E-state index contributed by atoms with van der Waals surface area (Å²) in [6, 6.07) is 13.0. The lowest BCUT2D eigenvalue weighted by atomic mass is 10.1. The van der Waals surface area contributed by atoms with Gasteiger partial charge in [0.05, 0.1) is 13.0 Å². The first kappa shape index (κ1) is 19.5. The van der Waals surface area contributed by atoms with Crippen LogP contribution in [0.25, 0.3) is 0 Å². The van der Waals surface area contributed by atoms with E-state index in [1.54, 1.807) is 35.6 Å². The maximum atomic E-state index is 13.6. The van der Waals surface area contributed by atoms with E-state index < -0.39 is 23.4 Å². The Bertz CT molecular complexity index is 940. The molecule has 3 aromatic rings. The molecule has 0 bridgehead atoms. The van der Waals surface area contributed by atoms with Crippen molar-refractivity contribution in [3.05, 3.63) is 82.1 Å². The third kappa shape index (κ3) is 5.37. The molecular weight excluding hydrogens is 384 g/mol. The Balaban J connectivity index is 1.51. The van der Waals surface area contributed by atoms with Crippen LogP contribution in [0.3, 0.4) is 0 Å². The second kappa shape index (κ2) is 9.09. The maximum Gasteiger partial charge on any atom is 0.323 e. The molecule has 0 aliphatic carbocycles. The molecular formula is C20H17F2N3O2S. The fourth-order valence-electron chi connectivity index (χ4n) is 2.45. The lowest BCUT2D eigenvalue weighted by Crippen LogP contribution is -2.24. The van der Waals surface area contributed by atoms with Gasteiger partial charge in [-0.25, -0.2) is 13.6 Å². The first-order valence-corrected chi connectivity index (χ1v) is 9.29. The van der Waals surface area contributed by atoms with E-state index in [0.29, 0.717) is 12.2 Å². The molecule has 0 aliphatic heterocycles.